The van der Waals surface area contributed by atoms with E-state index < -0.39 is 23.5 Å². The molecule has 1 saturated heterocycles. The molecule has 1 aliphatic carbocycles. The third kappa shape index (κ3) is 4.01. The Kier molecular flexibility index (Phi) is 5.33. The molecule has 2 aromatic rings. The Bertz CT molecular complexity index is 826. The number of H-pyrrole nitrogens is 1. The van der Waals surface area contributed by atoms with E-state index in [1.165, 1.54) is 6.33 Å². The van der Waals surface area contributed by atoms with Crippen LogP contribution in [0.1, 0.15) is 43.0 Å². The molecule has 156 valence electrons. The molecule has 2 aliphatic rings. The number of aromatic amines is 1. The van der Waals surface area contributed by atoms with E-state index in [4.69, 9.17) is 0 Å². The summed E-state index contributed by atoms with van der Waals surface area (Å²) in [5.41, 5.74) is -1.26. The number of halogens is 3. The average Bonchev–Trinajstić information content (AvgIpc) is 3.42. The van der Waals surface area contributed by atoms with Crippen molar-refractivity contribution in [2.24, 2.45) is 5.92 Å². The predicted octanol–water partition coefficient (Wildman–Crippen LogP) is 3.01. The Morgan fingerprint density at radius 1 is 1.28 bits per heavy atom. The van der Waals surface area contributed by atoms with Crippen molar-refractivity contribution in [3.8, 4) is 0 Å². The van der Waals surface area contributed by atoms with Crippen LogP contribution in [-0.4, -0.2) is 50.8 Å². The SMILES string of the molecule is O=C(NC1(C(F)(F)F)CCN(Cc2ccccc2)C1)[C@@H]1CCC[C@@H]1c1ncn[nH]1. The molecule has 0 spiro atoms. The minimum absolute atomic E-state index is 0.144. The van der Waals surface area contributed by atoms with Crippen molar-refractivity contribution in [1.29, 1.82) is 0 Å². The average molecular weight is 407 g/mol. The van der Waals surface area contributed by atoms with Crippen molar-refractivity contribution in [2.45, 2.75) is 49.9 Å². The first-order chi connectivity index (χ1) is 13.9. The highest BCUT2D eigenvalue weighted by Crippen LogP contribution is 2.42. The number of alkyl halides is 3. The number of hydrogen-bond donors (Lipinski definition) is 2. The largest absolute Gasteiger partial charge is 0.412 e. The molecule has 4 rings (SSSR count). The van der Waals surface area contributed by atoms with Crippen LogP contribution in [0, 0.1) is 5.92 Å². The molecule has 6 nitrogen and oxygen atoms in total. The van der Waals surface area contributed by atoms with E-state index in [9.17, 15) is 18.0 Å². The molecular weight excluding hydrogens is 383 g/mol. The number of amides is 1. The van der Waals surface area contributed by atoms with Gasteiger partial charge in [-0.15, -0.1) is 0 Å². The molecule has 2 N–H and O–H groups in total. The zero-order chi connectivity index (χ0) is 20.5. The Morgan fingerprint density at radius 3 is 2.76 bits per heavy atom. The number of likely N-dealkylation sites (tertiary alicyclic amines) is 1. The first-order valence-electron chi connectivity index (χ1n) is 9.88. The van der Waals surface area contributed by atoms with Crippen molar-refractivity contribution in [2.75, 3.05) is 13.1 Å². The van der Waals surface area contributed by atoms with Crippen molar-refractivity contribution >= 4 is 5.91 Å². The van der Waals surface area contributed by atoms with Gasteiger partial charge in [-0.05, 0) is 24.8 Å². The maximum absolute atomic E-state index is 14.1. The Hall–Kier alpha value is -2.42. The van der Waals surface area contributed by atoms with Crippen molar-refractivity contribution < 1.29 is 18.0 Å². The van der Waals surface area contributed by atoms with E-state index in [2.05, 4.69) is 20.5 Å². The summed E-state index contributed by atoms with van der Waals surface area (Å²) in [5.74, 6) is -0.710. The highest BCUT2D eigenvalue weighted by atomic mass is 19.4. The fraction of sp³-hybridized carbons (Fsp3) is 0.550. The van der Waals surface area contributed by atoms with Crippen LogP contribution in [-0.2, 0) is 11.3 Å². The Balaban J connectivity index is 1.48. The molecule has 9 heteroatoms. The first kappa shape index (κ1) is 19.9. The van der Waals surface area contributed by atoms with Crippen molar-refractivity contribution in [3.05, 3.63) is 48.0 Å². The molecule has 1 amide bonds. The lowest BCUT2D eigenvalue weighted by molar-refractivity contribution is -0.195. The molecule has 1 unspecified atom stereocenters. The number of nitrogens with zero attached hydrogens (tertiary/aromatic N) is 3. The van der Waals surface area contributed by atoms with Crippen LogP contribution in [0.25, 0.3) is 0 Å². The van der Waals surface area contributed by atoms with Gasteiger partial charge in [0.2, 0.25) is 5.91 Å². The standard InChI is InChI=1S/C20H24F3N5O/c21-20(22,23)19(9-10-28(12-19)11-14-5-2-1-3-6-14)26-18(29)16-8-4-7-15(16)17-24-13-25-27-17/h1-3,5-6,13,15-16H,4,7-12H2,(H,26,29)(H,24,25,27)/t15-,16+,19?/m0/s1. The van der Waals surface area contributed by atoms with E-state index in [1.807, 2.05) is 30.3 Å². The summed E-state index contributed by atoms with van der Waals surface area (Å²) in [5, 5.41) is 8.99. The van der Waals surface area contributed by atoms with Gasteiger partial charge in [0.05, 0.1) is 0 Å². The van der Waals surface area contributed by atoms with Gasteiger partial charge in [0.1, 0.15) is 17.7 Å². The van der Waals surface area contributed by atoms with Crippen LogP contribution in [0.4, 0.5) is 13.2 Å². The van der Waals surface area contributed by atoms with Gasteiger partial charge in [0, 0.05) is 31.5 Å². The molecule has 2 heterocycles. The van der Waals surface area contributed by atoms with Gasteiger partial charge < -0.3 is 5.32 Å². The maximum atomic E-state index is 14.1. The predicted molar refractivity (Wildman–Crippen MR) is 99.7 cm³/mol. The first-order valence-corrected chi connectivity index (χ1v) is 9.88. The number of aromatic nitrogens is 3. The summed E-state index contributed by atoms with van der Waals surface area (Å²) in [6, 6.07) is 9.40. The van der Waals surface area contributed by atoms with Crippen LogP contribution in [0.5, 0.6) is 0 Å². The lowest BCUT2D eigenvalue weighted by atomic mass is 9.91. The lowest BCUT2D eigenvalue weighted by Crippen LogP contribution is -2.61. The van der Waals surface area contributed by atoms with Gasteiger partial charge in [-0.25, -0.2) is 4.98 Å². The van der Waals surface area contributed by atoms with Crippen molar-refractivity contribution in [1.82, 2.24) is 25.4 Å². The number of rotatable bonds is 5. The van der Waals surface area contributed by atoms with Gasteiger partial charge in [-0.2, -0.15) is 18.3 Å². The van der Waals surface area contributed by atoms with Crippen molar-refractivity contribution in [3.63, 3.8) is 0 Å². The van der Waals surface area contributed by atoms with Crippen LogP contribution in [0.2, 0.25) is 0 Å². The summed E-state index contributed by atoms with van der Waals surface area (Å²) >= 11 is 0. The summed E-state index contributed by atoms with van der Waals surface area (Å²) in [4.78, 5) is 18.8. The smallest absolute Gasteiger partial charge is 0.341 e. The molecule has 1 saturated carbocycles. The molecule has 1 aromatic heterocycles. The zero-order valence-corrected chi connectivity index (χ0v) is 16.0. The Morgan fingerprint density at radius 2 is 2.07 bits per heavy atom. The second kappa shape index (κ2) is 7.78. The van der Waals surface area contributed by atoms with E-state index >= 15 is 0 Å². The molecule has 3 atom stereocenters. The second-order valence-electron chi connectivity index (χ2n) is 8.03. The molecule has 0 radical (unpaired) electrons. The number of benzene rings is 1. The highest BCUT2D eigenvalue weighted by molar-refractivity contribution is 5.81. The monoisotopic (exact) mass is 407 g/mol. The van der Waals surface area contributed by atoms with Crippen LogP contribution >= 0.6 is 0 Å². The molecule has 0 bridgehead atoms. The van der Waals surface area contributed by atoms with Crippen LogP contribution in [0.3, 0.4) is 0 Å². The van der Waals surface area contributed by atoms with Gasteiger partial charge in [-0.1, -0.05) is 36.8 Å². The van der Waals surface area contributed by atoms with E-state index in [0.29, 0.717) is 25.2 Å². The zero-order valence-electron chi connectivity index (χ0n) is 16.0. The molecule has 2 fully saturated rings. The van der Waals surface area contributed by atoms with E-state index in [0.717, 1.165) is 12.0 Å². The van der Waals surface area contributed by atoms with Crippen LogP contribution in [0.15, 0.2) is 36.7 Å². The third-order valence-electron chi connectivity index (χ3n) is 6.14. The van der Waals surface area contributed by atoms with E-state index in [-0.39, 0.29) is 25.4 Å². The summed E-state index contributed by atoms with van der Waals surface area (Å²) in [6.45, 7) is 0.473. The Labute approximate surface area is 166 Å². The minimum atomic E-state index is -4.52. The van der Waals surface area contributed by atoms with Gasteiger partial charge >= 0.3 is 6.18 Å². The molecule has 29 heavy (non-hydrogen) atoms. The maximum Gasteiger partial charge on any atom is 0.412 e. The molecule has 1 aromatic carbocycles. The summed E-state index contributed by atoms with van der Waals surface area (Å²) in [6.07, 6.45) is -1.25. The topological polar surface area (TPSA) is 73.9 Å². The van der Waals surface area contributed by atoms with Crippen LogP contribution < -0.4 is 5.32 Å². The lowest BCUT2D eigenvalue weighted by Gasteiger charge is -2.34. The fourth-order valence-corrected chi connectivity index (χ4v) is 4.59. The number of carbonyl (C=O) groups is 1. The molecular formula is C20H24F3N5O. The van der Waals surface area contributed by atoms with E-state index in [1.54, 1.807) is 4.90 Å². The molecule has 1 aliphatic heterocycles. The minimum Gasteiger partial charge on any atom is -0.341 e. The quantitative estimate of drug-likeness (QED) is 0.799. The number of carbonyl (C=O) groups excluding carboxylic acids is 1. The van der Waals surface area contributed by atoms with Gasteiger partial charge in [0.15, 0.2) is 0 Å². The third-order valence-corrected chi connectivity index (χ3v) is 6.14. The normalized spacial score (nSPS) is 28.0. The number of hydrogen-bond acceptors (Lipinski definition) is 4. The highest BCUT2D eigenvalue weighted by Gasteiger charge is 2.59. The number of nitrogens with one attached hydrogen (secondary N) is 2. The van der Waals surface area contributed by atoms with Gasteiger partial charge in [0.25, 0.3) is 0 Å². The fourth-order valence-electron chi connectivity index (χ4n) is 4.59. The van der Waals surface area contributed by atoms with Gasteiger partial charge in [-0.3, -0.25) is 14.8 Å². The second-order valence-corrected chi connectivity index (χ2v) is 8.03. The summed E-state index contributed by atoms with van der Waals surface area (Å²) < 4.78 is 42.2. The summed E-state index contributed by atoms with van der Waals surface area (Å²) in [7, 11) is 0.